The molecule has 1 aromatic heterocycles. The van der Waals surface area contributed by atoms with Crippen LogP contribution in [-0.2, 0) is 19.6 Å². The second kappa shape index (κ2) is 8.78. The van der Waals surface area contributed by atoms with E-state index in [-0.39, 0.29) is 22.8 Å². The molecule has 33 heavy (non-hydrogen) atoms. The van der Waals surface area contributed by atoms with E-state index in [0.717, 1.165) is 11.1 Å². The van der Waals surface area contributed by atoms with Crippen molar-refractivity contribution in [2.24, 2.45) is 11.0 Å². The van der Waals surface area contributed by atoms with Gasteiger partial charge in [-0.05, 0) is 12.1 Å². The molecule has 0 unspecified atom stereocenters. The summed E-state index contributed by atoms with van der Waals surface area (Å²) in [6, 6.07) is 3.13. The number of hydrogen-bond acceptors (Lipinski definition) is 9. The van der Waals surface area contributed by atoms with Crippen molar-refractivity contribution in [1.29, 1.82) is 0 Å². The van der Waals surface area contributed by atoms with Crippen molar-refractivity contribution in [3.63, 3.8) is 0 Å². The van der Waals surface area contributed by atoms with Crippen LogP contribution in [0.15, 0.2) is 28.3 Å². The smallest absolute Gasteiger partial charge is 0.241 e. The lowest BCUT2D eigenvalue weighted by molar-refractivity contribution is -0.134. The summed E-state index contributed by atoms with van der Waals surface area (Å²) in [5.74, 6) is 0.687. The number of fused-ring (bicyclic) bond motifs is 1. The summed E-state index contributed by atoms with van der Waals surface area (Å²) in [6.07, 6.45) is 1.75. The lowest BCUT2D eigenvalue weighted by atomic mass is 10.1. The van der Waals surface area contributed by atoms with Crippen LogP contribution in [0, 0.1) is 5.92 Å². The zero-order chi connectivity index (χ0) is 23.2. The largest absolute Gasteiger partial charge is 0.378 e. The van der Waals surface area contributed by atoms with Gasteiger partial charge in [-0.3, -0.25) is 4.79 Å². The van der Waals surface area contributed by atoms with Gasteiger partial charge in [0, 0.05) is 43.2 Å². The number of aromatic nitrogens is 2. The minimum atomic E-state index is -3.75. The molecule has 5 rings (SSSR count). The highest BCUT2D eigenvalue weighted by Gasteiger charge is 2.30. The number of carbonyl (C=O) groups excluding carboxylic acids is 1. The van der Waals surface area contributed by atoms with Gasteiger partial charge in [0.25, 0.3) is 0 Å². The number of ether oxygens (including phenoxy) is 1. The van der Waals surface area contributed by atoms with Gasteiger partial charge in [0.1, 0.15) is 5.88 Å². The summed E-state index contributed by atoms with van der Waals surface area (Å²) in [5, 5.41) is 11.3. The molecule has 0 spiro atoms. The maximum Gasteiger partial charge on any atom is 0.241 e. The van der Waals surface area contributed by atoms with E-state index >= 15 is 0 Å². The first kappa shape index (κ1) is 22.4. The molecule has 0 radical (unpaired) electrons. The zero-order valence-electron chi connectivity index (χ0n) is 18.5. The van der Waals surface area contributed by atoms with E-state index in [1.165, 1.54) is 11.8 Å². The Balaban J connectivity index is 1.51. The number of sulfonamides is 1. The topological polar surface area (TPSA) is 112 Å². The van der Waals surface area contributed by atoms with Crippen LogP contribution in [0.4, 0.5) is 5.69 Å². The molecule has 178 valence electrons. The van der Waals surface area contributed by atoms with Gasteiger partial charge in [-0.25, -0.2) is 13.1 Å². The lowest BCUT2D eigenvalue weighted by Gasteiger charge is -2.37. The first-order chi connectivity index (χ1) is 15.8. The van der Waals surface area contributed by atoms with Crippen LogP contribution in [0.1, 0.15) is 13.8 Å². The Kier molecular flexibility index (Phi) is 5.97. The Hall–Kier alpha value is -2.35. The zero-order valence-corrected chi connectivity index (χ0v) is 20.2. The molecular formula is C20H27N7O4S2. The van der Waals surface area contributed by atoms with Crippen LogP contribution in [0.5, 0.6) is 0 Å². The summed E-state index contributed by atoms with van der Waals surface area (Å²) >= 11 is 1.54. The number of carbonyl (C=O) groups is 1. The Morgan fingerprint density at radius 3 is 2.58 bits per heavy atom. The van der Waals surface area contributed by atoms with Crippen LogP contribution >= 0.6 is 11.8 Å². The third-order valence-corrected chi connectivity index (χ3v) is 8.10. The van der Waals surface area contributed by atoms with E-state index in [0.29, 0.717) is 50.8 Å². The van der Waals surface area contributed by atoms with Gasteiger partial charge >= 0.3 is 0 Å². The summed E-state index contributed by atoms with van der Waals surface area (Å²) in [7, 11) is -3.75. The summed E-state index contributed by atoms with van der Waals surface area (Å²) in [5.41, 5.74) is 3.19. The predicted molar refractivity (Wildman–Crippen MR) is 127 cm³/mol. The quantitative estimate of drug-likeness (QED) is 0.623. The van der Waals surface area contributed by atoms with Crippen LogP contribution in [-0.4, -0.2) is 86.0 Å². The van der Waals surface area contributed by atoms with E-state index in [1.54, 1.807) is 33.8 Å². The number of nitrogens with one attached hydrogen (secondary N) is 1. The third kappa shape index (κ3) is 4.29. The normalized spacial score (nSPS) is 19.7. The molecule has 3 aliphatic rings. The number of nitrogens with zero attached hydrogens (tertiary/aromatic N) is 6. The number of amides is 1. The van der Waals surface area contributed by atoms with E-state index in [2.05, 4.69) is 19.8 Å². The fourth-order valence-corrected chi connectivity index (χ4v) is 5.92. The second-order valence-electron chi connectivity index (χ2n) is 8.62. The van der Waals surface area contributed by atoms with Crippen molar-refractivity contribution in [1.82, 2.24) is 19.5 Å². The van der Waals surface area contributed by atoms with Crippen LogP contribution in [0.25, 0.3) is 10.9 Å². The number of anilines is 1. The first-order valence-electron chi connectivity index (χ1n) is 10.9. The molecule has 11 nitrogen and oxygen atoms in total. The molecule has 13 heteroatoms. The monoisotopic (exact) mass is 493 g/mol. The number of hydrogen-bond donors (Lipinski definition) is 1. The van der Waals surface area contributed by atoms with Crippen molar-refractivity contribution in [2.75, 3.05) is 55.3 Å². The molecule has 4 heterocycles. The molecule has 1 aromatic carbocycles. The molecule has 0 saturated carbocycles. The second-order valence-corrected chi connectivity index (χ2v) is 11.1. The van der Waals surface area contributed by atoms with Gasteiger partial charge in [-0.1, -0.05) is 25.6 Å². The first-order valence-corrected chi connectivity index (χ1v) is 13.4. The van der Waals surface area contributed by atoms with Crippen molar-refractivity contribution < 1.29 is 17.9 Å². The molecule has 2 aromatic rings. The van der Waals surface area contributed by atoms with E-state index in [4.69, 9.17) is 4.74 Å². The Labute approximate surface area is 196 Å². The fraction of sp³-hybridized carbons (Fsp3) is 0.550. The van der Waals surface area contributed by atoms with Gasteiger partial charge in [-0.15, -0.1) is 0 Å². The van der Waals surface area contributed by atoms with Gasteiger partial charge in [0.2, 0.25) is 15.9 Å². The molecule has 0 atom stereocenters. The average Bonchev–Trinajstić information content (AvgIpc) is 3.45. The Morgan fingerprint density at radius 2 is 1.97 bits per heavy atom. The summed E-state index contributed by atoms with van der Waals surface area (Å²) in [6.45, 7) is 6.96. The number of piperazine rings is 1. The number of benzene rings is 1. The molecule has 2 fully saturated rings. The van der Waals surface area contributed by atoms with Gasteiger partial charge in [-0.2, -0.15) is 20.1 Å². The van der Waals surface area contributed by atoms with Crippen molar-refractivity contribution in [2.45, 2.75) is 24.8 Å². The highest BCUT2D eigenvalue weighted by atomic mass is 32.2. The number of rotatable bonds is 6. The van der Waals surface area contributed by atoms with Crippen LogP contribution < -0.4 is 14.7 Å². The van der Waals surface area contributed by atoms with E-state index in [9.17, 15) is 13.2 Å². The van der Waals surface area contributed by atoms with Gasteiger partial charge in [0.05, 0.1) is 41.4 Å². The molecule has 2 saturated heterocycles. The molecule has 1 amide bonds. The van der Waals surface area contributed by atoms with E-state index in [1.807, 2.05) is 18.7 Å². The minimum absolute atomic E-state index is 0.0459. The molecule has 1 N–H and O–H groups in total. The molecule has 0 bridgehead atoms. The van der Waals surface area contributed by atoms with E-state index < -0.39 is 10.0 Å². The SMILES string of the molecule is CC(C)C(=O)N1CCN(c2cc(S(=O)(=O)NC3COC3)cc3c2cnn3N2CSC=N2)CC1. The molecule has 0 aliphatic carbocycles. The third-order valence-electron chi connectivity index (χ3n) is 5.98. The maximum atomic E-state index is 13.2. The lowest BCUT2D eigenvalue weighted by Crippen LogP contribution is -2.50. The standard InChI is InChI=1S/C20H27N7O4S2/c1-14(2)20(28)25-5-3-24(4-6-25)18-7-16(33(29,30)23-15-10-31-11-15)8-19-17(18)9-21-27(19)26-13-32-12-22-26/h7-9,12,14-15,23H,3-6,10-11,13H2,1-2H3. The molecular weight excluding hydrogens is 466 g/mol. The van der Waals surface area contributed by atoms with Crippen molar-refractivity contribution in [3.05, 3.63) is 18.3 Å². The average molecular weight is 494 g/mol. The highest BCUT2D eigenvalue weighted by Crippen LogP contribution is 2.32. The summed E-state index contributed by atoms with van der Waals surface area (Å²) < 4.78 is 34.2. The Morgan fingerprint density at radius 1 is 1.21 bits per heavy atom. The van der Waals surface area contributed by atoms with Crippen molar-refractivity contribution in [3.8, 4) is 0 Å². The van der Waals surface area contributed by atoms with Crippen LogP contribution in [0.2, 0.25) is 0 Å². The van der Waals surface area contributed by atoms with Gasteiger partial charge < -0.3 is 14.5 Å². The summed E-state index contributed by atoms with van der Waals surface area (Å²) in [4.78, 5) is 18.2. The van der Waals surface area contributed by atoms with Crippen molar-refractivity contribution >= 4 is 49.8 Å². The highest BCUT2D eigenvalue weighted by molar-refractivity contribution is 8.12. The fourth-order valence-electron chi connectivity index (χ4n) is 4.12. The van der Waals surface area contributed by atoms with Gasteiger partial charge in [0.15, 0.2) is 0 Å². The predicted octanol–water partition coefficient (Wildman–Crippen LogP) is 0.604. The Bertz CT molecular complexity index is 1180. The molecule has 3 aliphatic heterocycles. The number of thioether (sulfide) groups is 1. The maximum absolute atomic E-state index is 13.2. The van der Waals surface area contributed by atoms with Crippen LogP contribution in [0.3, 0.4) is 0 Å². The number of hydrazone groups is 1. The minimum Gasteiger partial charge on any atom is -0.378 e.